The monoisotopic (exact) mass is 420 g/mol. The van der Waals surface area contributed by atoms with Gasteiger partial charge in [0.2, 0.25) is 5.91 Å². The third kappa shape index (κ3) is 5.61. The number of hydrogen-bond acceptors (Lipinski definition) is 5. The van der Waals surface area contributed by atoms with Gasteiger partial charge in [0.1, 0.15) is 0 Å². The standard InChI is InChI=1S/C22H36N4O4/c1-8-30-21(29)16-10-9-11-25(13-16)19(27)14-24(7)20(28)17-12-18(15(2)3)26(23-17)22(4,5)6/h12,15-16H,8-11,13-14H2,1-7H3. The van der Waals surface area contributed by atoms with Crippen LogP contribution in [0.25, 0.3) is 0 Å². The van der Waals surface area contributed by atoms with Crippen LogP contribution in [0.15, 0.2) is 6.07 Å². The van der Waals surface area contributed by atoms with E-state index in [1.807, 2.05) is 31.5 Å². The van der Waals surface area contributed by atoms with Crippen LogP contribution in [-0.4, -0.2) is 70.7 Å². The number of rotatable bonds is 6. The van der Waals surface area contributed by atoms with E-state index in [4.69, 9.17) is 4.74 Å². The highest BCUT2D eigenvalue weighted by Crippen LogP contribution is 2.24. The summed E-state index contributed by atoms with van der Waals surface area (Å²) in [5.74, 6) is -0.780. The first-order valence-electron chi connectivity index (χ1n) is 10.8. The number of piperidine rings is 1. The van der Waals surface area contributed by atoms with Crippen LogP contribution >= 0.6 is 0 Å². The second kappa shape index (κ2) is 9.62. The number of carbonyl (C=O) groups excluding carboxylic acids is 3. The molecule has 0 saturated carbocycles. The summed E-state index contributed by atoms with van der Waals surface area (Å²) in [6.07, 6.45) is 1.47. The lowest BCUT2D eigenvalue weighted by atomic mass is 9.98. The molecule has 0 aromatic carbocycles. The van der Waals surface area contributed by atoms with Gasteiger partial charge >= 0.3 is 5.97 Å². The number of esters is 1. The number of likely N-dealkylation sites (tertiary alicyclic amines) is 1. The predicted octanol–water partition coefficient (Wildman–Crippen LogP) is 2.64. The normalized spacial score (nSPS) is 17.2. The molecular weight excluding hydrogens is 384 g/mol. The summed E-state index contributed by atoms with van der Waals surface area (Å²) >= 11 is 0. The second-order valence-corrected chi connectivity index (χ2v) is 9.28. The van der Waals surface area contributed by atoms with E-state index in [0.717, 1.165) is 18.5 Å². The topological polar surface area (TPSA) is 84.7 Å². The van der Waals surface area contributed by atoms with Gasteiger partial charge in [-0.3, -0.25) is 19.1 Å². The zero-order valence-corrected chi connectivity index (χ0v) is 19.4. The molecule has 1 saturated heterocycles. The van der Waals surface area contributed by atoms with Gasteiger partial charge in [0.15, 0.2) is 5.69 Å². The minimum absolute atomic E-state index is 0.0478. The molecule has 0 N–H and O–H groups in total. The highest BCUT2D eigenvalue weighted by molar-refractivity contribution is 5.95. The van der Waals surface area contributed by atoms with Gasteiger partial charge in [-0.1, -0.05) is 13.8 Å². The lowest BCUT2D eigenvalue weighted by Gasteiger charge is -2.32. The SMILES string of the molecule is CCOC(=O)C1CCCN(C(=O)CN(C)C(=O)c2cc(C(C)C)n(C(C)(C)C)n2)C1. The fourth-order valence-corrected chi connectivity index (χ4v) is 3.68. The van der Waals surface area contributed by atoms with Crippen LogP contribution in [0.5, 0.6) is 0 Å². The fourth-order valence-electron chi connectivity index (χ4n) is 3.68. The molecule has 0 aliphatic carbocycles. The maximum absolute atomic E-state index is 12.9. The molecule has 168 valence electrons. The van der Waals surface area contributed by atoms with E-state index in [9.17, 15) is 14.4 Å². The van der Waals surface area contributed by atoms with Crippen LogP contribution in [0.2, 0.25) is 0 Å². The van der Waals surface area contributed by atoms with Crippen LogP contribution in [-0.2, 0) is 19.9 Å². The average Bonchev–Trinajstić information content (AvgIpc) is 3.14. The summed E-state index contributed by atoms with van der Waals surface area (Å²) in [7, 11) is 1.61. The van der Waals surface area contributed by atoms with Crippen molar-refractivity contribution in [1.82, 2.24) is 19.6 Å². The molecule has 0 radical (unpaired) electrons. The highest BCUT2D eigenvalue weighted by Gasteiger charge is 2.31. The summed E-state index contributed by atoms with van der Waals surface area (Å²) in [4.78, 5) is 40.8. The fraction of sp³-hybridized carbons (Fsp3) is 0.727. The number of aromatic nitrogens is 2. The number of likely N-dealkylation sites (N-methyl/N-ethyl adjacent to an activating group) is 1. The first-order valence-corrected chi connectivity index (χ1v) is 10.8. The molecule has 1 aliphatic rings. The second-order valence-electron chi connectivity index (χ2n) is 9.28. The molecular formula is C22H36N4O4. The van der Waals surface area contributed by atoms with Crippen molar-refractivity contribution in [3.05, 3.63) is 17.5 Å². The number of ether oxygens (including phenoxy) is 1. The van der Waals surface area contributed by atoms with Crippen LogP contribution in [0, 0.1) is 5.92 Å². The zero-order chi connectivity index (χ0) is 22.6. The maximum atomic E-state index is 12.9. The average molecular weight is 421 g/mol. The van der Waals surface area contributed by atoms with Crippen molar-refractivity contribution in [3.8, 4) is 0 Å². The van der Waals surface area contributed by atoms with E-state index in [2.05, 4.69) is 18.9 Å². The Labute approximate surface area is 179 Å². The molecule has 8 heteroatoms. The van der Waals surface area contributed by atoms with Gasteiger partial charge in [-0.25, -0.2) is 0 Å². The summed E-state index contributed by atoms with van der Waals surface area (Å²) in [5, 5.41) is 4.54. The molecule has 1 aromatic rings. The number of nitrogens with zero attached hydrogens (tertiary/aromatic N) is 4. The maximum Gasteiger partial charge on any atom is 0.310 e. The van der Waals surface area contributed by atoms with E-state index < -0.39 is 0 Å². The van der Waals surface area contributed by atoms with Crippen molar-refractivity contribution in [1.29, 1.82) is 0 Å². The lowest BCUT2D eigenvalue weighted by Crippen LogP contribution is -2.47. The van der Waals surface area contributed by atoms with Crippen molar-refractivity contribution in [3.63, 3.8) is 0 Å². The largest absolute Gasteiger partial charge is 0.466 e. The Morgan fingerprint density at radius 3 is 2.50 bits per heavy atom. The molecule has 1 fully saturated rings. The van der Waals surface area contributed by atoms with Gasteiger partial charge in [-0.2, -0.15) is 5.10 Å². The van der Waals surface area contributed by atoms with Gasteiger partial charge in [0.25, 0.3) is 5.91 Å². The lowest BCUT2D eigenvalue weighted by molar-refractivity contribution is -0.151. The number of hydrogen-bond donors (Lipinski definition) is 0. The summed E-state index contributed by atoms with van der Waals surface area (Å²) in [6, 6.07) is 1.82. The quantitative estimate of drug-likeness (QED) is 0.661. The molecule has 2 heterocycles. The van der Waals surface area contributed by atoms with Crippen LogP contribution in [0.1, 0.15) is 76.5 Å². The molecule has 30 heavy (non-hydrogen) atoms. The minimum atomic E-state index is -0.292. The summed E-state index contributed by atoms with van der Waals surface area (Å²) in [6.45, 7) is 13.3. The van der Waals surface area contributed by atoms with Crippen molar-refractivity contribution >= 4 is 17.8 Å². The Bertz CT molecular complexity index is 779. The van der Waals surface area contributed by atoms with E-state index in [0.29, 0.717) is 25.4 Å². The summed E-state index contributed by atoms with van der Waals surface area (Å²) < 4.78 is 6.98. The highest BCUT2D eigenvalue weighted by atomic mass is 16.5. The van der Waals surface area contributed by atoms with Gasteiger partial charge in [-0.05, 0) is 52.5 Å². The first-order chi connectivity index (χ1) is 14.0. The van der Waals surface area contributed by atoms with E-state index >= 15 is 0 Å². The third-order valence-corrected chi connectivity index (χ3v) is 5.30. The Morgan fingerprint density at radius 1 is 1.30 bits per heavy atom. The van der Waals surface area contributed by atoms with Gasteiger partial charge in [0.05, 0.1) is 24.6 Å². The van der Waals surface area contributed by atoms with E-state index in [-0.39, 0.29) is 41.7 Å². The molecule has 1 unspecified atom stereocenters. The predicted molar refractivity (Wildman–Crippen MR) is 114 cm³/mol. The van der Waals surface area contributed by atoms with E-state index in [1.165, 1.54) is 4.90 Å². The van der Waals surface area contributed by atoms with Crippen LogP contribution in [0.3, 0.4) is 0 Å². The van der Waals surface area contributed by atoms with Crippen molar-refractivity contribution in [2.45, 2.75) is 65.8 Å². The smallest absolute Gasteiger partial charge is 0.310 e. The molecule has 8 nitrogen and oxygen atoms in total. The molecule has 2 amide bonds. The Balaban J connectivity index is 2.07. The Morgan fingerprint density at radius 2 is 1.97 bits per heavy atom. The van der Waals surface area contributed by atoms with Gasteiger partial charge < -0.3 is 14.5 Å². The Hall–Kier alpha value is -2.38. The molecule has 2 rings (SSSR count). The molecule has 1 aliphatic heterocycles. The number of carbonyl (C=O) groups is 3. The van der Waals surface area contributed by atoms with Gasteiger partial charge in [-0.15, -0.1) is 0 Å². The first kappa shape index (κ1) is 23.9. The van der Waals surface area contributed by atoms with Crippen molar-refractivity contribution < 1.29 is 19.1 Å². The number of amides is 2. The zero-order valence-electron chi connectivity index (χ0n) is 19.4. The Kier molecular flexibility index (Phi) is 7.66. The molecule has 0 spiro atoms. The minimum Gasteiger partial charge on any atom is -0.466 e. The van der Waals surface area contributed by atoms with E-state index in [1.54, 1.807) is 18.9 Å². The molecule has 0 bridgehead atoms. The van der Waals surface area contributed by atoms with Crippen LogP contribution in [0.4, 0.5) is 0 Å². The van der Waals surface area contributed by atoms with Crippen LogP contribution < -0.4 is 0 Å². The third-order valence-electron chi connectivity index (χ3n) is 5.30. The van der Waals surface area contributed by atoms with Crippen molar-refractivity contribution in [2.75, 3.05) is 33.3 Å². The molecule has 1 aromatic heterocycles. The van der Waals surface area contributed by atoms with Gasteiger partial charge in [0, 0.05) is 25.8 Å². The molecule has 1 atom stereocenters. The summed E-state index contributed by atoms with van der Waals surface area (Å²) in [5.41, 5.74) is 1.08. The van der Waals surface area contributed by atoms with Crippen molar-refractivity contribution in [2.24, 2.45) is 5.92 Å².